The van der Waals surface area contributed by atoms with Crippen molar-refractivity contribution in [3.8, 4) is 23.3 Å². The van der Waals surface area contributed by atoms with Crippen molar-refractivity contribution in [2.45, 2.75) is 0 Å². The van der Waals surface area contributed by atoms with Crippen LogP contribution in [0.15, 0.2) is 54.7 Å². The van der Waals surface area contributed by atoms with Gasteiger partial charge in [-0.25, -0.2) is 0 Å². The van der Waals surface area contributed by atoms with Gasteiger partial charge in [0.05, 0.1) is 36.7 Å². The number of hydrogen-bond acceptors (Lipinski definition) is 6. The molecule has 6 nitrogen and oxygen atoms in total. The highest BCUT2D eigenvalue weighted by atomic mass is 16.5. The number of benzene rings is 3. The predicted octanol–water partition coefficient (Wildman–Crippen LogP) is 4.73. The molecule has 0 saturated heterocycles. The van der Waals surface area contributed by atoms with Crippen molar-refractivity contribution >= 4 is 33.1 Å². The van der Waals surface area contributed by atoms with Crippen molar-refractivity contribution in [2.75, 3.05) is 19.5 Å². The topological polar surface area (TPSA) is 87.4 Å². The van der Waals surface area contributed by atoms with Gasteiger partial charge in [-0.05, 0) is 17.5 Å². The first-order valence-electron chi connectivity index (χ1n) is 8.59. The summed E-state index contributed by atoms with van der Waals surface area (Å²) in [6.07, 6.45) is 1.50. The van der Waals surface area contributed by atoms with Crippen LogP contribution in [-0.4, -0.2) is 24.3 Å². The maximum absolute atomic E-state index is 10.5. The third-order valence-electron chi connectivity index (χ3n) is 4.65. The Bertz CT molecular complexity index is 1250. The highest BCUT2D eigenvalue weighted by Gasteiger charge is 2.16. The summed E-state index contributed by atoms with van der Waals surface area (Å²) >= 11 is 0. The van der Waals surface area contributed by atoms with Gasteiger partial charge < -0.3 is 19.9 Å². The van der Waals surface area contributed by atoms with E-state index in [-0.39, 0.29) is 5.75 Å². The van der Waals surface area contributed by atoms with E-state index in [1.807, 2.05) is 30.3 Å². The second kappa shape index (κ2) is 6.97. The van der Waals surface area contributed by atoms with E-state index < -0.39 is 0 Å². The summed E-state index contributed by atoms with van der Waals surface area (Å²) in [6.45, 7) is 0. The predicted molar refractivity (Wildman–Crippen MR) is 108 cm³/mol. The van der Waals surface area contributed by atoms with E-state index in [9.17, 15) is 10.4 Å². The van der Waals surface area contributed by atoms with E-state index in [1.54, 1.807) is 32.4 Å². The van der Waals surface area contributed by atoms with Crippen LogP contribution in [0, 0.1) is 11.3 Å². The van der Waals surface area contributed by atoms with Crippen LogP contribution in [0.4, 0.5) is 11.4 Å². The first-order chi connectivity index (χ1) is 13.7. The first-order valence-corrected chi connectivity index (χ1v) is 8.59. The van der Waals surface area contributed by atoms with E-state index in [4.69, 9.17) is 9.47 Å². The molecule has 0 aliphatic heterocycles. The number of nitrogens with one attached hydrogen (secondary N) is 1. The summed E-state index contributed by atoms with van der Waals surface area (Å²) in [6, 6.07) is 16.9. The van der Waals surface area contributed by atoms with Crippen molar-refractivity contribution in [1.82, 2.24) is 4.98 Å². The zero-order valence-electron chi connectivity index (χ0n) is 15.4. The highest BCUT2D eigenvalue weighted by molar-refractivity contribution is 6.03. The number of aromatic nitrogens is 1. The molecule has 0 saturated carbocycles. The Labute approximate surface area is 161 Å². The van der Waals surface area contributed by atoms with Crippen LogP contribution in [0.1, 0.15) is 5.56 Å². The van der Waals surface area contributed by atoms with E-state index in [0.29, 0.717) is 39.3 Å². The molecule has 0 aliphatic carbocycles. The molecule has 0 atom stereocenters. The molecule has 0 fully saturated rings. The van der Waals surface area contributed by atoms with Gasteiger partial charge in [-0.2, -0.15) is 5.26 Å². The normalized spacial score (nSPS) is 10.6. The van der Waals surface area contributed by atoms with Crippen LogP contribution in [-0.2, 0) is 0 Å². The Kier molecular flexibility index (Phi) is 4.34. The third-order valence-corrected chi connectivity index (χ3v) is 4.65. The number of phenolic OH excluding ortho intramolecular Hbond substituents is 1. The van der Waals surface area contributed by atoms with Gasteiger partial charge in [0.1, 0.15) is 11.8 Å². The van der Waals surface area contributed by atoms with Gasteiger partial charge in [-0.15, -0.1) is 0 Å². The van der Waals surface area contributed by atoms with Gasteiger partial charge in [0, 0.05) is 23.0 Å². The van der Waals surface area contributed by atoms with Crippen molar-refractivity contribution in [2.24, 2.45) is 0 Å². The first kappa shape index (κ1) is 17.4. The Hall–Kier alpha value is -3.98. The van der Waals surface area contributed by atoms with Crippen LogP contribution < -0.4 is 14.8 Å². The van der Waals surface area contributed by atoms with Gasteiger partial charge in [0.25, 0.3) is 0 Å². The number of methoxy groups -OCH3 is 2. The third kappa shape index (κ3) is 2.79. The quantitative estimate of drug-likeness (QED) is 0.505. The Morgan fingerprint density at radius 3 is 2.46 bits per heavy atom. The number of pyridine rings is 1. The molecule has 0 amide bonds. The summed E-state index contributed by atoms with van der Waals surface area (Å²) in [5.41, 5.74) is 2.06. The lowest BCUT2D eigenvalue weighted by atomic mass is 10.1. The molecule has 0 unspecified atom stereocenters. The summed E-state index contributed by atoms with van der Waals surface area (Å²) in [5, 5.41) is 25.9. The van der Waals surface area contributed by atoms with E-state index in [2.05, 4.69) is 16.4 Å². The number of nitriles is 1. The molecular formula is C22H17N3O3. The molecule has 1 heterocycles. The van der Waals surface area contributed by atoms with Crippen molar-refractivity contribution in [3.63, 3.8) is 0 Å². The maximum Gasteiger partial charge on any atom is 0.162 e. The maximum atomic E-state index is 10.5. The minimum absolute atomic E-state index is 0.0908. The molecule has 4 aromatic rings. The lowest BCUT2D eigenvalue weighted by Gasteiger charge is -2.16. The average molecular weight is 371 g/mol. The Balaban J connectivity index is 1.99. The van der Waals surface area contributed by atoms with E-state index in [1.165, 1.54) is 6.20 Å². The molecule has 1 aromatic heterocycles. The smallest absolute Gasteiger partial charge is 0.162 e. The SMILES string of the molecule is COc1cc2ncc(C#N)c(Nc3c(O)ccc4ccccc34)c2cc1OC. The van der Waals surface area contributed by atoms with Crippen LogP contribution in [0.5, 0.6) is 17.2 Å². The Morgan fingerprint density at radius 2 is 1.71 bits per heavy atom. The molecule has 28 heavy (non-hydrogen) atoms. The zero-order valence-corrected chi connectivity index (χ0v) is 15.4. The lowest BCUT2D eigenvalue weighted by molar-refractivity contribution is 0.356. The fourth-order valence-electron chi connectivity index (χ4n) is 3.25. The van der Waals surface area contributed by atoms with E-state index in [0.717, 1.165) is 10.8 Å². The number of rotatable bonds is 4. The van der Waals surface area contributed by atoms with E-state index >= 15 is 0 Å². The largest absolute Gasteiger partial charge is 0.506 e. The number of phenols is 1. The number of anilines is 2. The second-order valence-electron chi connectivity index (χ2n) is 6.19. The minimum atomic E-state index is 0.0908. The zero-order chi connectivity index (χ0) is 19.7. The van der Waals surface area contributed by atoms with Gasteiger partial charge >= 0.3 is 0 Å². The number of nitrogens with zero attached hydrogens (tertiary/aromatic N) is 2. The molecule has 6 heteroatoms. The number of hydrogen-bond donors (Lipinski definition) is 2. The molecular weight excluding hydrogens is 354 g/mol. The number of ether oxygens (including phenoxy) is 2. The summed E-state index contributed by atoms with van der Waals surface area (Å²) in [4.78, 5) is 4.36. The van der Waals surface area contributed by atoms with Crippen molar-refractivity contribution < 1.29 is 14.6 Å². The average Bonchev–Trinajstić information content (AvgIpc) is 2.74. The van der Waals surface area contributed by atoms with Crippen LogP contribution in [0.3, 0.4) is 0 Å². The summed E-state index contributed by atoms with van der Waals surface area (Å²) in [7, 11) is 3.11. The van der Waals surface area contributed by atoms with Gasteiger partial charge in [0.2, 0.25) is 0 Å². The van der Waals surface area contributed by atoms with Gasteiger partial charge in [-0.3, -0.25) is 4.98 Å². The highest BCUT2D eigenvalue weighted by Crippen LogP contribution is 2.40. The molecule has 4 rings (SSSR count). The molecule has 0 radical (unpaired) electrons. The molecule has 138 valence electrons. The van der Waals surface area contributed by atoms with Crippen LogP contribution in [0.25, 0.3) is 21.7 Å². The second-order valence-corrected chi connectivity index (χ2v) is 6.19. The molecule has 0 spiro atoms. The summed E-state index contributed by atoms with van der Waals surface area (Å²) in [5.74, 6) is 1.16. The van der Waals surface area contributed by atoms with Gasteiger partial charge in [0.15, 0.2) is 11.5 Å². The molecule has 2 N–H and O–H groups in total. The van der Waals surface area contributed by atoms with Crippen LogP contribution in [0.2, 0.25) is 0 Å². The fourth-order valence-corrected chi connectivity index (χ4v) is 3.25. The monoisotopic (exact) mass is 371 g/mol. The van der Waals surface area contributed by atoms with Crippen LogP contribution >= 0.6 is 0 Å². The lowest BCUT2D eigenvalue weighted by Crippen LogP contribution is -1.99. The minimum Gasteiger partial charge on any atom is -0.506 e. The fraction of sp³-hybridized carbons (Fsp3) is 0.0909. The Morgan fingerprint density at radius 1 is 0.964 bits per heavy atom. The summed E-state index contributed by atoms with van der Waals surface area (Å²) < 4.78 is 10.7. The van der Waals surface area contributed by atoms with Gasteiger partial charge in [-0.1, -0.05) is 30.3 Å². The molecule has 0 aliphatic rings. The molecule has 3 aromatic carbocycles. The molecule has 0 bridgehead atoms. The number of aromatic hydroxyl groups is 1. The van der Waals surface area contributed by atoms with Crippen molar-refractivity contribution in [3.05, 3.63) is 60.3 Å². The number of fused-ring (bicyclic) bond motifs is 2. The van der Waals surface area contributed by atoms with Crippen molar-refractivity contribution in [1.29, 1.82) is 5.26 Å². The standard InChI is InChI=1S/C22H17N3O3/c1-27-19-9-16-17(10-20(19)28-2)24-12-14(11-23)21(16)25-22-15-6-4-3-5-13(15)7-8-18(22)26/h3-10,12,26H,1-2H3,(H,24,25).